The summed E-state index contributed by atoms with van der Waals surface area (Å²) in [5.74, 6) is 0. The second kappa shape index (κ2) is 5.73. The number of sulfonamides is 1. The zero-order valence-corrected chi connectivity index (χ0v) is 12.1. The van der Waals surface area contributed by atoms with Gasteiger partial charge >= 0.3 is 0 Å². The zero-order chi connectivity index (χ0) is 13.9. The molecule has 100 valence electrons. The van der Waals surface area contributed by atoms with Gasteiger partial charge in [-0.25, -0.2) is 8.42 Å². The first kappa shape index (κ1) is 15.0. The molecule has 2 N–H and O–H groups in total. The Labute approximate surface area is 113 Å². The first-order valence-electron chi connectivity index (χ1n) is 5.51. The van der Waals surface area contributed by atoms with Crippen LogP contribution in [-0.4, -0.2) is 25.8 Å². The van der Waals surface area contributed by atoms with Gasteiger partial charge in [-0.05, 0) is 24.6 Å². The molecule has 0 aliphatic heterocycles. The van der Waals surface area contributed by atoms with Crippen LogP contribution in [0.4, 0.5) is 5.69 Å². The third kappa shape index (κ3) is 2.85. The zero-order valence-electron chi connectivity index (χ0n) is 10.5. The summed E-state index contributed by atoms with van der Waals surface area (Å²) in [5, 5.41) is 0.350. The molecule has 0 spiro atoms. The van der Waals surface area contributed by atoms with Crippen LogP contribution >= 0.6 is 11.6 Å². The lowest BCUT2D eigenvalue weighted by Gasteiger charge is -2.19. The monoisotopic (exact) mass is 288 g/mol. The Bertz CT molecular complexity index is 532. The van der Waals surface area contributed by atoms with Gasteiger partial charge in [0.15, 0.2) is 0 Å². The maximum absolute atomic E-state index is 12.3. The molecule has 1 rings (SSSR count). The SMILES string of the molecule is C=CCN(CC)S(=O)(=O)c1cc(N)c(C)c(Cl)c1. The van der Waals surface area contributed by atoms with Crippen molar-refractivity contribution in [1.29, 1.82) is 0 Å². The first-order valence-corrected chi connectivity index (χ1v) is 7.33. The van der Waals surface area contributed by atoms with Crippen molar-refractivity contribution in [2.45, 2.75) is 18.7 Å². The molecule has 0 fully saturated rings. The molecule has 1 aromatic carbocycles. The van der Waals surface area contributed by atoms with Gasteiger partial charge in [-0.3, -0.25) is 0 Å². The summed E-state index contributed by atoms with van der Waals surface area (Å²) in [6, 6.07) is 2.86. The largest absolute Gasteiger partial charge is 0.398 e. The third-order valence-electron chi connectivity index (χ3n) is 2.68. The summed E-state index contributed by atoms with van der Waals surface area (Å²) >= 11 is 5.97. The first-order chi connectivity index (χ1) is 8.34. The predicted octanol–water partition coefficient (Wildman–Crippen LogP) is 2.43. The van der Waals surface area contributed by atoms with Gasteiger partial charge in [0.1, 0.15) is 0 Å². The highest BCUT2D eigenvalue weighted by molar-refractivity contribution is 7.89. The summed E-state index contributed by atoms with van der Waals surface area (Å²) < 4.78 is 26.0. The van der Waals surface area contributed by atoms with Crippen LogP contribution in [0.25, 0.3) is 0 Å². The van der Waals surface area contributed by atoms with Crippen LogP contribution in [-0.2, 0) is 10.0 Å². The lowest BCUT2D eigenvalue weighted by Crippen LogP contribution is -2.31. The summed E-state index contributed by atoms with van der Waals surface area (Å²) in [6.45, 7) is 7.67. The van der Waals surface area contributed by atoms with Gasteiger partial charge in [-0.2, -0.15) is 4.31 Å². The van der Waals surface area contributed by atoms with Crippen LogP contribution in [0.3, 0.4) is 0 Å². The minimum atomic E-state index is -3.58. The Morgan fingerprint density at radius 2 is 2.11 bits per heavy atom. The maximum Gasteiger partial charge on any atom is 0.243 e. The summed E-state index contributed by atoms with van der Waals surface area (Å²) in [5.41, 5.74) is 6.80. The van der Waals surface area contributed by atoms with Crippen LogP contribution in [0, 0.1) is 6.92 Å². The third-order valence-corrected chi connectivity index (χ3v) is 4.99. The number of likely N-dealkylation sites (N-methyl/N-ethyl adjacent to an activating group) is 1. The van der Waals surface area contributed by atoms with Crippen molar-refractivity contribution in [1.82, 2.24) is 4.31 Å². The Balaban J connectivity index is 3.32. The van der Waals surface area contributed by atoms with Crippen molar-refractivity contribution >= 4 is 27.3 Å². The van der Waals surface area contributed by atoms with Gasteiger partial charge in [0.05, 0.1) is 4.90 Å². The van der Waals surface area contributed by atoms with Gasteiger partial charge in [0.2, 0.25) is 10.0 Å². The summed E-state index contributed by atoms with van der Waals surface area (Å²) in [7, 11) is -3.58. The maximum atomic E-state index is 12.3. The van der Waals surface area contributed by atoms with E-state index in [9.17, 15) is 8.42 Å². The normalized spacial score (nSPS) is 11.8. The molecule has 1 aromatic rings. The highest BCUT2D eigenvalue weighted by atomic mass is 35.5. The van der Waals surface area contributed by atoms with E-state index in [0.29, 0.717) is 22.8 Å². The summed E-state index contributed by atoms with van der Waals surface area (Å²) in [4.78, 5) is 0.110. The minimum absolute atomic E-state index is 0.110. The molecular formula is C12H17ClN2O2S. The predicted molar refractivity (Wildman–Crippen MR) is 75.2 cm³/mol. The Kier molecular flexibility index (Phi) is 4.78. The molecule has 0 aliphatic rings. The lowest BCUT2D eigenvalue weighted by molar-refractivity contribution is 0.460. The van der Waals surface area contributed by atoms with Crippen molar-refractivity contribution in [3.63, 3.8) is 0 Å². The average molecular weight is 289 g/mol. The molecule has 0 unspecified atom stereocenters. The quantitative estimate of drug-likeness (QED) is 0.668. The van der Waals surface area contributed by atoms with Crippen LogP contribution in [0.15, 0.2) is 29.7 Å². The number of benzene rings is 1. The van der Waals surface area contributed by atoms with E-state index >= 15 is 0 Å². The van der Waals surface area contributed by atoms with Gasteiger partial charge < -0.3 is 5.73 Å². The molecule has 0 radical (unpaired) electrons. The highest BCUT2D eigenvalue weighted by Crippen LogP contribution is 2.27. The van der Waals surface area contributed by atoms with Gasteiger partial charge in [-0.1, -0.05) is 24.6 Å². The molecule has 0 amide bonds. The second-order valence-corrected chi connectivity index (χ2v) is 6.21. The topological polar surface area (TPSA) is 63.4 Å². The van der Waals surface area contributed by atoms with Crippen LogP contribution < -0.4 is 5.73 Å². The van der Waals surface area contributed by atoms with Crippen LogP contribution in [0.5, 0.6) is 0 Å². The number of hydrogen-bond acceptors (Lipinski definition) is 3. The Hall–Kier alpha value is -1.04. The van der Waals surface area contributed by atoms with Gasteiger partial charge in [0.25, 0.3) is 0 Å². The molecule has 0 atom stereocenters. The number of nitrogen functional groups attached to an aromatic ring is 1. The van der Waals surface area contributed by atoms with E-state index in [1.54, 1.807) is 19.9 Å². The second-order valence-electron chi connectivity index (χ2n) is 3.86. The van der Waals surface area contributed by atoms with Crippen molar-refractivity contribution in [2.24, 2.45) is 0 Å². The molecule has 0 aliphatic carbocycles. The standard InChI is InChI=1S/C12H17ClN2O2S/c1-4-6-15(5-2)18(16,17)10-7-11(13)9(3)12(14)8-10/h4,7-8H,1,5-6,14H2,2-3H3. The van der Waals surface area contributed by atoms with E-state index in [0.717, 1.165) is 0 Å². The van der Waals surface area contributed by atoms with E-state index in [1.165, 1.54) is 16.4 Å². The number of nitrogens with two attached hydrogens (primary N) is 1. The van der Waals surface area contributed by atoms with Crippen LogP contribution in [0.2, 0.25) is 5.02 Å². The molecule has 0 saturated carbocycles. The molecule has 0 saturated heterocycles. The van der Waals surface area contributed by atoms with Crippen molar-refractivity contribution < 1.29 is 8.42 Å². The molecule has 6 heteroatoms. The van der Waals surface area contributed by atoms with Gasteiger partial charge in [0, 0.05) is 23.8 Å². The minimum Gasteiger partial charge on any atom is -0.398 e. The lowest BCUT2D eigenvalue weighted by atomic mass is 10.2. The number of nitrogens with zero attached hydrogens (tertiary/aromatic N) is 1. The van der Waals surface area contributed by atoms with E-state index in [1.807, 2.05) is 0 Å². The molecule has 18 heavy (non-hydrogen) atoms. The number of hydrogen-bond donors (Lipinski definition) is 1. The van der Waals surface area contributed by atoms with Gasteiger partial charge in [-0.15, -0.1) is 6.58 Å². The van der Waals surface area contributed by atoms with E-state index in [-0.39, 0.29) is 11.4 Å². The fourth-order valence-corrected chi connectivity index (χ4v) is 3.29. The molecule has 0 aromatic heterocycles. The number of anilines is 1. The fraction of sp³-hybridized carbons (Fsp3) is 0.333. The van der Waals surface area contributed by atoms with E-state index in [4.69, 9.17) is 17.3 Å². The van der Waals surface area contributed by atoms with Crippen molar-refractivity contribution in [2.75, 3.05) is 18.8 Å². The Morgan fingerprint density at radius 1 is 1.50 bits per heavy atom. The molecule has 0 heterocycles. The smallest absolute Gasteiger partial charge is 0.243 e. The van der Waals surface area contributed by atoms with E-state index < -0.39 is 10.0 Å². The molecule has 0 bridgehead atoms. The molecule has 4 nitrogen and oxygen atoms in total. The van der Waals surface area contributed by atoms with Crippen molar-refractivity contribution in [3.05, 3.63) is 35.4 Å². The Morgan fingerprint density at radius 3 is 2.56 bits per heavy atom. The van der Waals surface area contributed by atoms with E-state index in [2.05, 4.69) is 6.58 Å². The average Bonchev–Trinajstić information content (AvgIpc) is 2.31. The highest BCUT2D eigenvalue weighted by Gasteiger charge is 2.23. The van der Waals surface area contributed by atoms with Crippen molar-refractivity contribution in [3.8, 4) is 0 Å². The fourth-order valence-electron chi connectivity index (χ4n) is 1.51. The number of rotatable bonds is 5. The van der Waals surface area contributed by atoms with Crippen LogP contribution in [0.1, 0.15) is 12.5 Å². The summed E-state index contributed by atoms with van der Waals surface area (Å²) in [6.07, 6.45) is 1.54. The molecular weight excluding hydrogens is 272 g/mol. The number of halogens is 1.